The highest BCUT2D eigenvalue weighted by atomic mass is 35.5. The van der Waals surface area contributed by atoms with Crippen LogP contribution in [0, 0.1) is 0 Å². The van der Waals surface area contributed by atoms with Crippen LogP contribution < -0.4 is 20.4 Å². The summed E-state index contributed by atoms with van der Waals surface area (Å²) in [6.07, 6.45) is 0. The Morgan fingerprint density at radius 2 is 1.73 bits per heavy atom. The number of rotatable bonds is 6. The molecule has 0 unspecified atom stereocenters. The Balaban J connectivity index is 1.33. The van der Waals surface area contributed by atoms with Crippen LogP contribution in [0.25, 0.3) is 22.2 Å². The van der Waals surface area contributed by atoms with Gasteiger partial charge in [0.15, 0.2) is 16.5 Å². The Labute approximate surface area is 198 Å². The van der Waals surface area contributed by atoms with Crippen LogP contribution in [-0.2, 0) is 0 Å². The molecule has 3 aromatic carbocycles. The van der Waals surface area contributed by atoms with Crippen LogP contribution in [0.2, 0.25) is 5.02 Å². The molecule has 164 valence electrons. The number of fused-ring (bicyclic) bond motifs is 1. The largest absolute Gasteiger partial charge is 0.493 e. The topological polar surface area (TPSA) is 73.6 Å². The number of halogens is 1. The first-order chi connectivity index (χ1) is 16.1. The molecule has 0 atom stereocenters. The van der Waals surface area contributed by atoms with Crippen LogP contribution >= 0.6 is 22.9 Å². The first-order valence-electron chi connectivity index (χ1n) is 9.96. The molecule has 0 saturated carbocycles. The van der Waals surface area contributed by atoms with E-state index in [1.165, 1.54) is 18.4 Å². The van der Waals surface area contributed by atoms with E-state index < -0.39 is 5.63 Å². The highest BCUT2D eigenvalue weighted by molar-refractivity contribution is 7.14. The van der Waals surface area contributed by atoms with Gasteiger partial charge in [-0.25, -0.2) is 9.78 Å². The number of methoxy groups -OCH3 is 1. The van der Waals surface area contributed by atoms with Gasteiger partial charge >= 0.3 is 5.63 Å². The molecule has 0 bridgehead atoms. The molecule has 2 heterocycles. The van der Waals surface area contributed by atoms with Gasteiger partial charge in [0, 0.05) is 21.5 Å². The molecular formula is C25H17ClN2O4S. The van der Waals surface area contributed by atoms with E-state index in [-0.39, 0.29) is 0 Å². The van der Waals surface area contributed by atoms with Crippen molar-refractivity contribution in [2.45, 2.75) is 0 Å². The molecular weight excluding hydrogens is 460 g/mol. The second-order valence-corrected chi connectivity index (χ2v) is 8.36. The van der Waals surface area contributed by atoms with Crippen molar-refractivity contribution in [3.05, 3.63) is 93.6 Å². The van der Waals surface area contributed by atoms with Crippen LogP contribution in [-0.4, -0.2) is 12.1 Å². The summed E-state index contributed by atoms with van der Waals surface area (Å²) >= 11 is 7.30. The lowest BCUT2D eigenvalue weighted by Crippen LogP contribution is -2.03. The van der Waals surface area contributed by atoms with E-state index in [0.29, 0.717) is 44.2 Å². The fraction of sp³-hybridized carbons (Fsp3) is 0.0400. The van der Waals surface area contributed by atoms with Gasteiger partial charge in [0.25, 0.3) is 0 Å². The van der Waals surface area contributed by atoms with Gasteiger partial charge in [-0.3, -0.25) is 0 Å². The molecule has 2 aromatic heterocycles. The molecule has 0 aliphatic rings. The Morgan fingerprint density at radius 1 is 1.00 bits per heavy atom. The van der Waals surface area contributed by atoms with Gasteiger partial charge < -0.3 is 19.2 Å². The van der Waals surface area contributed by atoms with Crippen molar-refractivity contribution in [2.75, 3.05) is 12.4 Å². The van der Waals surface area contributed by atoms with Crippen molar-refractivity contribution in [1.82, 2.24) is 4.98 Å². The minimum atomic E-state index is -0.465. The Bertz CT molecular complexity index is 1480. The van der Waals surface area contributed by atoms with Crippen molar-refractivity contribution in [3.63, 3.8) is 0 Å². The predicted octanol–water partition coefficient (Wildman–Crippen LogP) is 7.11. The predicted molar refractivity (Wildman–Crippen MR) is 131 cm³/mol. The number of ether oxygens (including phenoxy) is 2. The van der Waals surface area contributed by atoms with Crippen molar-refractivity contribution < 1.29 is 13.9 Å². The summed E-state index contributed by atoms with van der Waals surface area (Å²) in [6, 6.07) is 21.9. The Morgan fingerprint density at radius 3 is 2.45 bits per heavy atom. The van der Waals surface area contributed by atoms with Crippen LogP contribution in [0.5, 0.6) is 17.2 Å². The van der Waals surface area contributed by atoms with Crippen LogP contribution in [0.1, 0.15) is 0 Å². The van der Waals surface area contributed by atoms with Gasteiger partial charge in [0.1, 0.15) is 11.5 Å². The highest BCUT2D eigenvalue weighted by Gasteiger charge is 2.14. The second kappa shape index (κ2) is 8.97. The number of anilines is 2. The van der Waals surface area contributed by atoms with Crippen LogP contribution in [0.15, 0.2) is 87.4 Å². The minimum absolute atomic E-state index is 0.395. The molecule has 0 aliphatic heterocycles. The average Bonchev–Trinajstić information content (AvgIpc) is 3.29. The standard InChI is InChI=1S/C25H17ClN2O4S/c1-30-22-4-2-3-15-13-20(24(29)32-23(15)22)21-14-33-25(28-21)27-17-7-11-19(12-8-17)31-18-9-5-16(26)6-10-18/h2-14H,1H3,(H,27,28). The van der Waals surface area contributed by atoms with Gasteiger partial charge in [-0.2, -0.15) is 0 Å². The number of hydrogen-bond acceptors (Lipinski definition) is 7. The summed E-state index contributed by atoms with van der Waals surface area (Å²) in [7, 11) is 1.54. The summed E-state index contributed by atoms with van der Waals surface area (Å²) in [4.78, 5) is 17.1. The summed E-state index contributed by atoms with van der Waals surface area (Å²) in [5.74, 6) is 1.92. The van der Waals surface area contributed by atoms with Gasteiger partial charge in [-0.15, -0.1) is 11.3 Å². The molecule has 0 fully saturated rings. The van der Waals surface area contributed by atoms with E-state index in [4.69, 9.17) is 25.5 Å². The second-order valence-electron chi connectivity index (χ2n) is 7.07. The van der Waals surface area contributed by atoms with Gasteiger partial charge in [-0.05, 0) is 60.7 Å². The number of nitrogens with one attached hydrogen (secondary N) is 1. The number of nitrogens with zero attached hydrogens (tertiary/aromatic N) is 1. The lowest BCUT2D eigenvalue weighted by Gasteiger charge is -2.07. The maximum atomic E-state index is 12.6. The Hall–Kier alpha value is -3.81. The molecule has 33 heavy (non-hydrogen) atoms. The number of hydrogen-bond donors (Lipinski definition) is 1. The van der Waals surface area contributed by atoms with Gasteiger partial charge in [-0.1, -0.05) is 23.7 Å². The summed E-state index contributed by atoms with van der Waals surface area (Å²) in [6.45, 7) is 0. The quantitative estimate of drug-likeness (QED) is 0.263. The van der Waals surface area contributed by atoms with E-state index in [0.717, 1.165) is 11.1 Å². The third-order valence-electron chi connectivity index (χ3n) is 4.88. The number of para-hydroxylation sites is 1. The van der Waals surface area contributed by atoms with Crippen LogP contribution in [0.3, 0.4) is 0 Å². The van der Waals surface area contributed by atoms with E-state index in [2.05, 4.69) is 10.3 Å². The van der Waals surface area contributed by atoms with Crippen molar-refractivity contribution >= 4 is 44.7 Å². The number of benzene rings is 3. The lowest BCUT2D eigenvalue weighted by atomic mass is 10.1. The number of thiazole rings is 1. The zero-order valence-corrected chi connectivity index (χ0v) is 18.9. The summed E-state index contributed by atoms with van der Waals surface area (Å²) in [5, 5.41) is 7.15. The molecule has 6 nitrogen and oxygen atoms in total. The molecule has 0 saturated heterocycles. The smallest absolute Gasteiger partial charge is 0.345 e. The maximum absolute atomic E-state index is 12.6. The van der Waals surface area contributed by atoms with E-state index in [9.17, 15) is 4.79 Å². The zero-order chi connectivity index (χ0) is 22.8. The molecule has 0 amide bonds. The highest BCUT2D eigenvalue weighted by Crippen LogP contribution is 2.31. The monoisotopic (exact) mass is 476 g/mol. The molecule has 8 heteroatoms. The van der Waals surface area contributed by atoms with E-state index in [1.54, 1.807) is 24.3 Å². The molecule has 5 aromatic rings. The molecule has 0 aliphatic carbocycles. The first kappa shape index (κ1) is 21.1. The zero-order valence-electron chi connectivity index (χ0n) is 17.4. The van der Waals surface area contributed by atoms with E-state index in [1.807, 2.05) is 53.9 Å². The van der Waals surface area contributed by atoms with Gasteiger partial charge in [0.2, 0.25) is 0 Å². The molecule has 0 spiro atoms. The van der Waals surface area contributed by atoms with Crippen molar-refractivity contribution in [3.8, 4) is 28.5 Å². The van der Waals surface area contributed by atoms with Gasteiger partial charge in [0.05, 0.1) is 18.4 Å². The fourth-order valence-corrected chi connectivity index (χ4v) is 4.14. The lowest BCUT2D eigenvalue weighted by molar-refractivity contribution is 0.407. The summed E-state index contributed by atoms with van der Waals surface area (Å²) < 4.78 is 16.6. The Kier molecular flexibility index (Phi) is 5.73. The number of aromatic nitrogens is 1. The maximum Gasteiger partial charge on any atom is 0.345 e. The van der Waals surface area contributed by atoms with Crippen molar-refractivity contribution in [2.24, 2.45) is 0 Å². The van der Waals surface area contributed by atoms with Crippen molar-refractivity contribution in [1.29, 1.82) is 0 Å². The molecule has 5 rings (SSSR count). The van der Waals surface area contributed by atoms with Crippen LogP contribution in [0.4, 0.5) is 10.8 Å². The normalized spacial score (nSPS) is 10.8. The molecule has 1 N–H and O–H groups in total. The SMILES string of the molecule is COc1cccc2cc(-c3csc(Nc4ccc(Oc5ccc(Cl)cc5)cc4)n3)c(=O)oc12. The van der Waals surface area contributed by atoms with E-state index >= 15 is 0 Å². The third kappa shape index (κ3) is 4.55. The fourth-order valence-electron chi connectivity index (χ4n) is 3.28. The summed E-state index contributed by atoms with van der Waals surface area (Å²) in [5.41, 5.74) is 1.74. The molecule has 0 radical (unpaired) electrons. The first-order valence-corrected chi connectivity index (χ1v) is 11.2. The minimum Gasteiger partial charge on any atom is -0.493 e. The third-order valence-corrected chi connectivity index (χ3v) is 5.89. The average molecular weight is 477 g/mol.